The summed E-state index contributed by atoms with van der Waals surface area (Å²) in [6.07, 6.45) is 9.24. The Bertz CT molecular complexity index is 289. The highest BCUT2D eigenvalue weighted by Gasteiger charge is 2.47. The number of carbonyl (C=O) groups excluding carboxylic acids is 1. The van der Waals surface area contributed by atoms with Crippen molar-refractivity contribution in [1.82, 2.24) is 0 Å². The smallest absolute Gasteiger partial charge is 0.143 e. The molecule has 0 aromatic carbocycles. The predicted molar refractivity (Wildman–Crippen MR) is 70.7 cm³/mol. The number of rotatable bonds is 3. The first-order valence-electron chi connectivity index (χ1n) is 7.39. The van der Waals surface area contributed by atoms with Crippen molar-refractivity contribution in [3.05, 3.63) is 0 Å². The van der Waals surface area contributed by atoms with Gasteiger partial charge < -0.3 is 5.73 Å². The van der Waals surface area contributed by atoms with Crippen LogP contribution in [-0.4, -0.2) is 11.8 Å². The SMILES string of the molecule is CCC1CCCCC1C(=O)C1(C)CCCC1N. The molecular weight excluding hydrogens is 210 g/mol. The van der Waals surface area contributed by atoms with E-state index in [0.717, 1.165) is 32.1 Å². The summed E-state index contributed by atoms with van der Waals surface area (Å²) in [5.41, 5.74) is 5.97. The second kappa shape index (κ2) is 5.09. The summed E-state index contributed by atoms with van der Waals surface area (Å²) in [7, 11) is 0. The summed E-state index contributed by atoms with van der Waals surface area (Å²) in [5.74, 6) is 1.43. The summed E-state index contributed by atoms with van der Waals surface area (Å²) in [4.78, 5) is 12.8. The van der Waals surface area contributed by atoms with Gasteiger partial charge in [0.05, 0.1) is 0 Å². The summed E-state index contributed by atoms with van der Waals surface area (Å²) in [6.45, 7) is 4.35. The van der Waals surface area contributed by atoms with E-state index in [0.29, 0.717) is 17.6 Å². The van der Waals surface area contributed by atoms with Crippen LogP contribution in [0.3, 0.4) is 0 Å². The second-order valence-corrected chi connectivity index (χ2v) is 6.34. The van der Waals surface area contributed by atoms with Crippen LogP contribution in [0.1, 0.15) is 65.2 Å². The van der Waals surface area contributed by atoms with Gasteiger partial charge >= 0.3 is 0 Å². The fourth-order valence-electron chi connectivity index (χ4n) is 3.96. The van der Waals surface area contributed by atoms with Gasteiger partial charge in [0.25, 0.3) is 0 Å². The van der Waals surface area contributed by atoms with Gasteiger partial charge in [-0.2, -0.15) is 0 Å². The lowest BCUT2D eigenvalue weighted by molar-refractivity contribution is -0.135. The van der Waals surface area contributed by atoms with Crippen LogP contribution in [0.15, 0.2) is 0 Å². The van der Waals surface area contributed by atoms with Crippen molar-refractivity contribution in [1.29, 1.82) is 0 Å². The molecule has 0 heterocycles. The molecular formula is C15H27NO. The Balaban J connectivity index is 2.12. The molecule has 0 bridgehead atoms. The minimum atomic E-state index is -0.213. The van der Waals surface area contributed by atoms with Gasteiger partial charge in [-0.3, -0.25) is 4.79 Å². The number of carbonyl (C=O) groups is 1. The molecule has 2 aliphatic carbocycles. The first kappa shape index (κ1) is 13.1. The fourth-order valence-corrected chi connectivity index (χ4v) is 3.96. The molecule has 0 aliphatic heterocycles. The van der Waals surface area contributed by atoms with E-state index in [1.807, 2.05) is 0 Å². The molecule has 17 heavy (non-hydrogen) atoms. The molecule has 98 valence electrons. The van der Waals surface area contributed by atoms with Crippen LogP contribution in [-0.2, 0) is 4.79 Å². The number of hydrogen-bond acceptors (Lipinski definition) is 2. The van der Waals surface area contributed by atoms with E-state index in [1.165, 1.54) is 19.3 Å². The Morgan fingerprint density at radius 3 is 2.53 bits per heavy atom. The lowest BCUT2D eigenvalue weighted by Crippen LogP contribution is -2.46. The normalized spacial score (nSPS) is 42.6. The molecule has 0 spiro atoms. The highest BCUT2D eigenvalue weighted by molar-refractivity contribution is 5.88. The van der Waals surface area contributed by atoms with Crippen LogP contribution in [0.5, 0.6) is 0 Å². The lowest BCUT2D eigenvalue weighted by atomic mass is 9.67. The Labute approximate surface area is 105 Å². The van der Waals surface area contributed by atoms with Crippen molar-refractivity contribution < 1.29 is 4.79 Å². The average molecular weight is 237 g/mol. The highest BCUT2D eigenvalue weighted by atomic mass is 16.1. The standard InChI is InChI=1S/C15H27NO/c1-3-11-7-4-5-8-12(11)14(17)15(2)10-6-9-13(15)16/h11-13H,3-10,16H2,1-2H3. The zero-order chi connectivity index (χ0) is 12.5. The van der Waals surface area contributed by atoms with Crippen LogP contribution in [0.2, 0.25) is 0 Å². The maximum absolute atomic E-state index is 12.8. The summed E-state index contributed by atoms with van der Waals surface area (Å²) < 4.78 is 0. The van der Waals surface area contributed by atoms with E-state index in [1.54, 1.807) is 0 Å². The quantitative estimate of drug-likeness (QED) is 0.818. The third-order valence-electron chi connectivity index (χ3n) is 5.36. The molecule has 2 N–H and O–H groups in total. The van der Waals surface area contributed by atoms with E-state index >= 15 is 0 Å². The van der Waals surface area contributed by atoms with E-state index < -0.39 is 0 Å². The first-order chi connectivity index (χ1) is 8.09. The molecule has 0 aromatic heterocycles. The Kier molecular flexibility index (Phi) is 3.92. The molecule has 2 saturated carbocycles. The molecule has 0 saturated heterocycles. The monoisotopic (exact) mass is 237 g/mol. The number of ketones is 1. The van der Waals surface area contributed by atoms with E-state index in [-0.39, 0.29) is 11.5 Å². The number of nitrogens with two attached hydrogens (primary N) is 1. The molecule has 2 nitrogen and oxygen atoms in total. The molecule has 4 unspecified atom stereocenters. The second-order valence-electron chi connectivity index (χ2n) is 6.34. The third kappa shape index (κ3) is 2.29. The van der Waals surface area contributed by atoms with Gasteiger partial charge in [-0.25, -0.2) is 0 Å². The Morgan fingerprint density at radius 1 is 1.24 bits per heavy atom. The van der Waals surface area contributed by atoms with Crippen molar-refractivity contribution in [2.75, 3.05) is 0 Å². The Morgan fingerprint density at radius 2 is 1.94 bits per heavy atom. The molecule has 2 fully saturated rings. The summed E-state index contributed by atoms with van der Waals surface area (Å²) >= 11 is 0. The molecule has 0 aromatic rings. The fraction of sp³-hybridized carbons (Fsp3) is 0.933. The van der Waals surface area contributed by atoms with Crippen molar-refractivity contribution in [3.63, 3.8) is 0 Å². The Hall–Kier alpha value is -0.370. The molecule has 4 atom stereocenters. The van der Waals surface area contributed by atoms with Crippen LogP contribution in [0.4, 0.5) is 0 Å². The van der Waals surface area contributed by atoms with Crippen LogP contribution < -0.4 is 5.73 Å². The first-order valence-corrected chi connectivity index (χ1v) is 7.39. The van der Waals surface area contributed by atoms with Crippen molar-refractivity contribution in [3.8, 4) is 0 Å². The molecule has 0 amide bonds. The predicted octanol–water partition coefficient (Wildman–Crippen LogP) is 3.29. The van der Waals surface area contributed by atoms with Crippen LogP contribution in [0.25, 0.3) is 0 Å². The molecule has 2 rings (SSSR count). The maximum Gasteiger partial charge on any atom is 0.143 e. The van der Waals surface area contributed by atoms with Gasteiger partial charge in [-0.05, 0) is 31.6 Å². The minimum Gasteiger partial charge on any atom is -0.327 e. The zero-order valence-corrected chi connectivity index (χ0v) is 11.4. The average Bonchev–Trinajstić information content (AvgIpc) is 2.70. The van der Waals surface area contributed by atoms with Crippen molar-refractivity contribution in [2.45, 2.75) is 71.3 Å². The highest BCUT2D eigenvalue weighted by Crippen LogP contribution is 2.44. The van der Waals surface area contributed by atoms with Crippen molar-refractivity contribution >= 4 is 5.78 Å². The zero-order valence-electron chi connectivity index (χ0n) is 11.4. The maximum atomic E-state index is 12.8. The number of hydrogen-bond donors (Lipinski definition) is 1. The van der Waals surface area contributed by atoms with Gasteiger partial charge in [0.15, 0.2) is 0 Å². The van der Waals surface area contributed by atoms with Crippen LogP contribution >= 0.6 is 0 Å². The third-order valence-corrected chi connectivity index (χ3v) is 5.36. The van der Waals surface area contributed by atoms with Crippen molar-refractivity contribution in [2.24, 2.45) is 23.0 Å². The minimum absolute atomic E-state index is 0.106. The van der Waals surface area contributed by atoms with E-state index in [2.05, 4.69) is 13.8 Å². The topological polar surface area (TPSA) is 43.1 Å². The van der Waals surface area contributed by atoms with Gasteiger partial charge in [0.1, 0.15) is 5.78 Å². The van der Waals surface area contributed by atoms with E-state index in [4.69, 9.17) is 5.73 Å². The van der Waals surface area contributed by atoms with Crippen LogP contribution in [0, 0.1) is 17.3 Å². The van der Waals surface area contributed by atoms with E-state index in [9.17, 15) is 4.79 Å². The molecule has 2 aliphatic rings. The van der Waals surface area contributed by atoms with Gasteiger partial charge in [0, 0.05) is 17.4 Å². The largest absolute Gasteiger partial charge is 0.327 e. The van der Waals surface area contributed by atoms with Gasteiger partial charge in [-0.1, -0.05) is 39.5 Å². The van der Waals surface area contributed by atoms with Gasteiger partial charge in [-0.15, -0.1) is 0 Å². The molecule has 0 radical (unpaired) electrons. The summed E-state index contributed by atoms with van der Waals surface area (Å²) in [6, 6.07) is 0.106. The lowest BCUT2D eigenvalue weighted by Gasteiger charge is -2.37. The molecule has 2 heteroatoms. The van der Waals surface area contributed by atoms with Gasteiger partial charge in [0.2, 0.25) is 0 Å². The number of Topliss-reactive ketones (excluding diaryl/α,β-unsaturated/α-hetero) is 1. The summed E-state index contributed by atoms with van der Waals surface area (Å²) in [5, 5.41) is 0.